The molecule has 1 N–H and O–H groups in total. The van der Waals surface area contributed by atoms with Gasteiger partial charge < -0.3 is 9.96 Å². The standard InChI is InChI=1S/C10H20N.H2O/c1-3-11(2)9-5-4-6-10(11)8-7-9;/h9-10H,3-8H2,1-2H3;1H2/q+1;/p-1/t9-,10+,11?;. The predicted octanol–water partition coefficient (Wildman–Crippen LogP) is 1.99. The largest absolute Gasteiger partial charge is 0.870 e. The number of hydrogen-bond donors (Lipinski definition) is 0. The summed E-state index contributed by atoms with van der Waals surface area (Å²) in [7, 11) is 2.47. The van der Waals surface area contributed by atoms with E-state index in [4.69, 9.17) is 0 Å². The third-order valence-corrected chi connectivity index (χ3v) is 4.26. The van der Waals surface area contributed by atoms with Gasteiger partial charge in [-0.3, -0.25) is 0 Å². The van der Waals surface area contributed by atoms with Crippen molar-refractivity contribution in [2.75, 3.05) is 13.6 Å². The molecule has 0 aliphatic carbocycles. The summed E-state index contributed by atoms with van der Waals surface area (Å²) >= 11 is 0. The van der Waals surface area contributed by atoms with E-state index in [-0.39, 0.29) is 5.48 Å². The molecule has 2 aliphatic rings. The predicted molar refractivity (Wildman–Crippen MR) is 49.3 cm³/mol. The highest BCUT2D eigenvalue weighted by Gasteiger charge is 2.46. The third kappa shape index (κ3) is 1.17. The fraction of sp³-hybridized carbons (Fsp3) is 1.00. The van der Waals surface area contributed by atoms with E-state index in [2.05, 4.69) is 14.0 Å². The lowest BCUT2D eigenvalue weighted by atomic mass is 10.00. The van der Waals surface area contributed by atoms with Crippen LogP contribution in [0, 0.1) is 0 Å². The van der Waals surface area contributed by atoms with Gasteiger partial charge in [0.05, 0.1) is 25.7 Å². The number of hydrogen-bond acceptors (Lipinski definition) is 1. The minimum atomic E-state index is 0. The molecule has 72 valence electrons. The fourth-order valence-electron chi connectivity index (χ4n) is 3.26. The maximum atomic E-state index is 2.47. The van der Waals surface area contributed by atoms with Crippen molar-refractivity contribution in [2.45, 2.75) is 51.1 Å². The number of nitrogens with zero attached hydrogens (tertiary/aromatic N) is 1. The molecule has 0 spiro atoms. The van der Waals surface area contributed by atoms with Crippen molar-refractivity contribution in [3.63, 3.8) is 0 Å². The molecule has 0 aromatic carbocycles. The Kier molecular flexibility index (Phi) is 2.79. The first-order valence-corrected chi connectivity index (χ1v) is 5.12. The Balaban J connectivity index is 0.000000720. The van der Waals surface area contributed by atoms with Gasteiger partial charge in [0.2, 0.25) is 0 Å². The molecule has 2 heteroatoms. The summed E-state index contributed by atoms with van der Waals surface area (Å²) in [6.45, 7) is 3.71. The van der Waals surface area contributed by atoms with E-state index in [1.165, 1.54) is 43.1 Å². The number of rotatable bonds is 1. The minimum Gasteiger partial charge on any atom is -0.870 e. The number of fused-ring (bicyclic) bond motifs is 2. The zero-order valence-electron chi connectivity index (χ0n) is 8.29. The summed E-state index contributed by atoms with van der Waals surface area (Å²) in [6.07, 6.45) is 7.52. The summed E-state index contributed by atoms with van der Waals surface area (Å²) in [5.41, 5.74) is 0. The first-order valence-electron chi connectivity index (χ1n) is 5.12. The van der Waals surface area contributed by atoms with Crippen LogP contribution in [0.1, 0.15) is 39.0 Å². The first-order chi connectivity index (χ1) is 5.27. The van der Waals surface area contributed by atoms with E-state index < -0.39 is 0 Å². The van der Waals surface area contributed by atoms with Crippen molar-refractivity contribution in [1.29, 1.82) is 0 Å². The van der Waals surface area contributed by atoms with Gasteiger partial charge in [0, 0.05) is 12.8 Å². The zero-order chi connectivity index (χ0) is 7.90. The highest BCUT2D eigenvalue weighted by Crippen LogP contribution is 2.40. The van der Waals surface area contributed by atoms with Gasteiger partial charge in [0.1, 0.15) is 0 Å². The van der Waals surface area contributed by atoms with Crippen LogP contribution in [-0.2, 0) is 0 Å². The van der Waals surface area contributed by atoms with Gasteiger partial charge in [-0.25, -0.2) is 0 Å². The average molecular weight is 171 g/mol. The molecule has 0 radical (unpaired) electrons. The lowest BCUT2D eigenvalue weighted by Gasteiger charge is -2.44. The molecule has 0 amide bonds. The smallest absolute Gasteiger partial charge is 0.0892 e. The maximum Gasteiger partial charge on any atom is 0.0892 e. The minimum absolute atomic E-state index is 0. The molecule has 0 saturated carbocycles. The molecule has 1 unspecified atom stereocenters. The molecule has 2 bridgehead atoms. The van der Waals surface area contributed by atoms with Crippen molar-refractivity contribution >= 4 is 0 Å². The molecule has 2 aliphatic heterocycles. The third-order valence-electron chi connectivity index (χ3n) is 4.26. The molecule has 2 heterocycles. The molecule has 12 heavy (non-hydrogen) atoms. The summed E-state index contributed by atoms with van der Waals surface area (Å²) in [5.74, 6) is 0. The quantitative estimate of drug-likeness (QED) is 0.555. The Labute approximate surface area is 75.5 Å². The molecule has 2 nitrogen and oxygen atoms in total. The molecule has 0 aromatic rings. The summed E-state index contributed by atoms with van der Waals surface area (Å²) in [4.78, 5) is 0. The van der Waals surface area contributed by atoms with Gasteiger partial charge in [-0.2, -0.15) is 0 Å². The summed E-state index contributed by atoms with van der Waals surface area (Å²) in [6, 6.07) is 2.05. The van der Waals surface area contributed by atoms with Crippen LogP contribution in [0.5, 0.6) is 0 Å². The molecule has 2 fully saturated rings. The summed E-state index contributed by atoms with van der Waals surface area (Å²) in [5, 5.41) is 0. The highest BCUT2D eigenvalue weighted by atomic mass is 16.0. The Morgan fingerprint density at radius 1 is 1.08 bits per heavy atom. The Hall–Kier alpha value is -0.0800. The van der Waals surface area contributed by atoms with Gasteiger partial charge in [0.25, 0.3) is 0 Å². The normalized spacial score (nSPS) is 45.5. The van der Waals surface area contributed by atoms with E-state index in [0.29, 0.717) is 0 Å². The molecule has 2 rings (SSSR count). The molecular weight excluding hydrogens is 150 g/mol. The molecule has 0 aromatic heterocycles. The van der Waals surface area contributed by atoms with E-state index in [1.54, 1.807) is 0 Å². The second kappa shape index (κ2) is 3.35. The lowest BCUT2D eigenvalue weighted by molar-refractivity contribution is -0.946. The Morgan fingerprint density at radius 2 is 1.58 bits per heavy atom. The lowest BCUT2D eigenvalue weighted by Crippen LogP contribution is -2.55. The van der Waals surface area contributed by atoms with Gasteiger partial charge in [-0.1, -0.05) is 0 Å². The summed E-state index contributed by atoms with van der Waals surface area (Å²) < 4.78 is 1.40. The van der Waals surface area contributed by atoms with Crippen LogP contribution >= 0.6 is 0 Å². The van der Waals surface area contributed by atoms with Crippen LogP contribution in [0.3, 0.4) is 0 Å². The van der Waals surface area contributed by atoms with Gasteiger partial charge in [-0.15, -0.1) is 0 Å². The monoisotopic (exact) mass is 171 g/mol. The van der Waals surface area contributed by atoms with E-state index >= 15 is 0 Å². The van der Waals surface area contributed by atoms with E-state index in [0.717, 1.165) is 12.1 Å². The second-order valence-electron chi connectivity index (χ2n) is 4.48. The van der Waals surface area contributed by atoms with Crippen LogP contribution < -0.4 is 0 Å². The second-order valence-corrected chi connectivity index (χ2v) is 4.48. The van der Waals surface area contributed by atoms with Crippen LogP contribution in [0.4, 0.5) is 0 Å². The van der Waals surface area contributed by atoms with Crippen molar-refractivity contribution < 1.29 is 9.96 Å². The van der Waals surface area contributed by atoms with Crippen molar-refractivity contribution in [3.8, 4) is 0 Å². The SMILES string of the molecule is CC[N+]1(C)[C@@H]2CCC[C@H]1CC2.[OH-]. The van der Waals surface area contributed by atoms with Gasteiger partial charge >= 0.3 is 0 Å². The van der Waals surface area contributed by atoms with Crippen LogP contribution in [0.25, 0.3) is 0 Å². The molecular formula is C10H21NO. The highest BCUT2D eigenvalue weighted by molar-refractivity contribution is 4.80. The van der Waals surface area contributed by atoms with Crippen LogP contribution in [0.15, 0.2) is 0 Å². The van der Waals surface area contributed by atoms with Gasteiger partial charge in [-0.05, 0) is 26.2 Å². The van der Waals surface area contributed by atoms with Gasteiger partial charge in [0.15, 0.2) is 0 Å². The Morgan fingerprint density at radius 3 is 1.92 bits per heavy atom. The van der Waals surface area contributed by atoms with Crippen molar-refractivity contribution in [1.82, 2.24) is 0 Å². The zero-order valence-corrected chi connectivity index (χ0v) is 8.29. The number of piperidine rings is 1. The van der Waals surface area contributed by atoms with E-state index in [1.807, 2.05) is 0 Å². The average Bonchev–Trinajstić information content (AvgIpc) is 2.29. The van der Waals surface area contributed by atoms with E-state index in [9.17, 15) is 0 Å². The maximum absolute atomic E-state index is 2.47. The van der Waals surface area contributed by atoms with Crippen molar-refractivity contribution in [3.05, 3.63) is 0 Å². The first kappa shape index (κ1) is 10.0. The van der Waals surface area contributed by atoms with Crippen LogP contribution in [-0.4, -0.2) is 35.6 Å². The fourth-order valence-corrected chi connectivity index (χ4v) is 3.26. The van der Waals surface area contributed by atoms with Crippen molar-refractivity contribution in [2.24, 2.45) is 0 Å². The Bertz CT molecular complexity index is 142. The molecule has 2 saturated heterocycles. The molecule has 3 atom stereocenters. The van der Waals surface area contributed by atoms with Crippen LogP contribution in [0.2, 0.25) is 0 Å². The number of quaternary nitrogens is 1. The topological polar surface area (TPSA) is 30.0 Å².